The van der Waals surface area contributed by atoms with E-state index in [-0.39, 0.29) is 5.91 Å². The van der Waals surface area contributed by atoms with Crippen molar-refractivity contribution in [1.29, 1.82) is 0 Å². The zero-order valence-corrected chi connectivity index (χ0v) is 11.4. The van der Waals surface area contributed by atoms with Gasteiger partial charge in [0.05, 0.1) is 19.0 Å². The number of hydrogen-bond acceptors (Lipinski definition) is 3. The number of anilines is 1. The predicted octanol–water partition coefficient (Wildman–Crippen LogP) is 2.55. The first-order chi connectivity index (χ1) is 9.74. The predicted molar refractivity (Wildman–Crippen MR) is 75.9 cm³/mol. The van der Waals surface area contributed by atoms with Gasteiger partial charge in [0, 0.05) is 18.3 Å². The molecule has 5 heteroatoms. The van der Waals surface area contributed by atoms with Crippen molar-refractivity contribution in [1.82, 2.24) is 9.78 Å². The standard InChI is InChI=1S/C15H17N3O2/c1-20-14-4-2-3-12(7-14)15(19)17-13-8-16-18(10-13)9-11-5-6-11/h2-4,7-8,10-11H,5-6,9H2,1H3,(H,17,19). The molecular weight excluding hydrogens is 254 g/mol. The zero-order valence-electron chi connectivity index (χ0n) is 11.4. The molecule has 0 aliphatic heterocycles. The Kier molecular flexibility index (Phi) is 3.41. The third kappa shape index (κ3) is 2.99. The maximum absolute atomic E-state index is 12.1. The number of aromatic nitrogens is 2. The molecule has 1 fully saturated rings. The van der Waals surface area contributed by atoms with Gasteiger partial charge >= 0.3 is 0 Å². The van der Waals surface area contributed by atoms with E-state index in [2.05, 4.69) is 10.4 Å². The molecule has 1 aliphatic rings. The molecule has 1 N–H and O–H groups in total. The molecule has 0 unspecified atom stereocenters. The lowest BCUT2D eigenvalue weighted by Crippen LogP contribution is -2.11. The Morgan fingerprint density at radius 2 is 2.35 bits per heavy atom. The Morgan fingerprint density at radius 3 is 3.10 bits per heavy atom. The van der Waals surface area contributed by atoms with E-state index in [1.165, 1.54) is 12.8 Å². The molecule has 104 valence electrons. The fourth-order valence-electron chi connectivity index (χ4n) is 2.06. The lowest BCUT2D eigenvalue weighted by atomic mass is 10.2. The second-order valence-electron chi connectivity index (χ2n) is 5.08. The number of nitrogens with zero attached hydrogens (tertiary/aromatic N) is 2. The fraction of sp³-hybridized carbons (Fsp3) is 0.333. The SMILES string of the molecule is COc1cccc(C(=O)Nc2cnn(CC3CC3)c2)c1. The van der Waals surface area contributed by atoms with Gasteiger partial charge in [-0.3, -0.25) is 9.48 Å². The summed E-state index contributed by atoms with van der Waals surface area (Å²) in [4.78, 5) is 12.1. The number of amides is 1. The maximum atomic E-state index is 12.1. The summed E-state index contributed by atoms with van der Waals surface area (Å²) in [7, 11) is 1.58. The van der Waals surface area contributed by atoms with Crippen LogP contribution < -0.4 is 10.1 Å². The molecule has 1 aliphatic carbocycles. The number of methoxy groups -OCH3 is 1. The van der Waals surface area contributed by atoms with Crippen LogP contribution >= 0.6 is 0 Å². The first kappa shape index (κ1) is 12.7. The highest BCUT2D eigenvalue weighted by Crippen LogP contribution is 2.30. The highest BCUT2D eigenvalue weighted by atomic mass is 16.5. The summed E-state index contributed by atoms with van der Waals surface area (Å²) >= 11 is 0. The van der Waals surface area contributed by atoms with Gasteiger partial charge in [-0.2, -0.15) is 5.10 Å². The normalized spacial score (nSPS) is 14.1. The minimum Gasteiger partial charge on any atom is -0.497 e. The molecule has 2 aromatic rings. The van der Waals surface area contributed by atoms with Crippen LogP contribution in [-0.4, -0.2) is 22.8 Å². The van der Waals surface area contributed by atoms with E-state index in [4.69, 9.17) is 4.74 Å². The van der Waals surface area contributed by atoms with Crippen molar-refractivity contribution in [3.63, 3.8) is 0 Å². The van der Waals surface area contributed by atoms with Gasteiger partial charge in [0.25, 0.3) is 5.91 Å². The number of nitrogens with one attached hydrogen (secondary N) is 1. The summed E-state index contributed by atoms with van der Waals surface area (Å²) in [5.41, 5.74) is 1.29. The van der Waals surface area contributed by atoms with Gasteiger partial charge in [-0.25, -0.2) is 0 Å². The average molecular weight is 271 g/mol. The molecule has 0 radical (unpaired) electrons. The minimum atomic E-state index is -0.158. The summed E-state index contributed by atoms with van der Waals surface area (Å²) in [6, 6.07) is 7.07. The van der Waals surface area contributed by atoms with Gasteiger partial charge in [-0.1, -0.05) is 6.07 Å². The number of hydrogen-bond donors (Lipinski definition) is 1. The second-order valence-corrected chi connectivity index (χ2v) is 5.08. The van der Waals surface area contributed by atoms with Crippen LogP contribution in [0, 0.1) is 5.92 Å². The van der Waals surface area contributed by atoms with Crippen molar-refractivity contribution in [2.75, 3.05) is 12.4 Å². The number of carbonyl (C=O) groups is 1. The Labute approximate surface area is 117 Å². The molecule has 0 saturated heterocycles. The largest absolute Gasteiger partial charge is 0.497 e. The van der Waals surface area contributed by atoms with Crippen molar-refractivity contribution in [3.8, 4) is 5.75 Å². The van der Waals surface area contributed by atoms with Gasteiger partial charge in [0.2, 0.25) is 0 Å². The van der Waals surface area contributed by atoms with Crippen molar-refractivity contribution >= 4 is 11.6 Å². The monoisotopic (exact) mass is 271 g/mol. The smallest absolute Gasteiger partial charge is 0.255 e. The number of rotatable bonds is 5. The summed E-state index contributed by atoms with van der Waals surface area (Å²) in [5, 5.41) is 7.10. The van der Waals surface area contributed by atoms with Crippen LogP contribution in [0.15, 0.2) is 36.7 Å². The average Bonchev–Trinajstić information content (AvgIpc) is 3.18. The highest BCUT2D eigenvalue weighted by molar-refractivity contribution is 6.04. The number of carbonyl (C=O) groups excluding carboxylic acids is 1. The highest BCUT2D eigenvalue weighted by Gasteiger charge is 2.22. The van der Waals surface area contributed by atoms with E-state index in [0.29, 0.717) is 11.3 Å². The van der Waals surface area contributed by atoms with Gasteiger partial charge in [-0.05, 0) is 37.0 Å². The van der Waals surface area contributed by atoms with Gasteiger partial charge in [0.15, 0.2) is 0 Å². The second kappa shape index (κ2) is 5.36. The lowest BCUT2D eigenvalue weighted by molar-refractivity contribution is 0.102. The Bertz CT molecular complexity index is 617. The van der Waals surface area contributed by atoms with E-state index < -0.39 is 0 Å². The summed E-state index contributed by atoms with van der Waals surface area (Å²) in [5.74, 6) is 1.27. The van der Waals surface area contributed by atoms with Crippen molar-refractivity contribution in [2.24, 2.45) is 5.92 Å². The van der Waals surface area contributed by atoms with Crippen molar-refractivity contribution in [2.45, 2.75) is 19.4 Å². The van der Waals surface area contributed by atoms with Crippen LogP contribution in [0.2, 0.25) is 0 Å². The third-order valence-electron chi connectivity index (χ3n) is 3.37. The maximum Gasteiger partial charge on any atom is 0.255 e. The Balaban J connectivity index is 1.66. The van der Waals surface area contributed by atoms with Gasteiger partial charge in [0.1, 0.15) is 5.75 Å². The summed E-state index contributed by atoms with van der Waals surface area (Å²) in [6.45, 7) is 0.940. The molecule has 0 bridgehead atoms. The lowest BCUT2D eigenvalue weighted by Gasteiger charge is -2.04. The molecule has 1 aromatic carbocycles. The molecular formula is C15H17N3O2. The van der Waals surface area contributed by atoms with Crippen LogP contribution in [-0.2, 0) is 6.54 Å². The van der Waals surface area contributed by atoms with Crippen LogP contribution in [0.5, 0.6) is 5.75 Å². The molecule has 1 amide bonds. The quantitative estimate of drug-likeness (QED) is 0.909. The molecule has 0 atom stereocenters. The fourth-order valence-corrected chi connectivity index (χ4v) is 2.06. The van der Waals surface area contributed by atoms with E-state index in [1.54, 1.807) is 31.5 Å². The number of benzene rings is 1. The van der Waals surface area contributed by atoms with E-state index in [9.17, 15) is 4.79 Å². The van der Waals surface area contributed by atoms with Crippen LogP contribution in [0.4, 0.5) is 5.69 Å². The summed E-state index contributed by atoms with van der Waals surface area (Å²) < 4.78 is 7.00. The Hall–Kier alpha value is -2.30. The van der Waals surface area contributed by atoms with Crippen LogP contribution in [0.25, 0.3) is 0 Å². The summed E-state index contributed by atoms with van der Waals surface area (Å²) in [6.07, 6.45) is 6.12. The van der Waals surface area contributed by atoms with Crippen molar-refractivity contribution in [3.05, 3.63) is 42.2 Å². The molecule has 1 aromatic heterocycles. The molecule has 3 rings (SSSR count). The molecule has 0 spiro atoms. The zero-order chi connectivity index (χ0) is 13.9. The van der Waals surface area contributed by atoms with E-state index >= 15 is 0 Å². The molecule has 5 nitrogen and oxygen atoms in total. The van der Waals surface area contributed by atoms with E-state index in [0.717, 1.165) is 18.2 Å². The van der Waals surface area contributed by atoms with E-state index in [1.807, 2.05) is 16.9 Å². The first-order valence-corrected chi connectivity index (χ1v) is 6.72. The third-order valence-corrected chi connectivity index (χ3v) is 3.37. The van der Waals surface area contributed by atoms with Crippen LogP contribution in [0.3, 0.4) is 0 Å². The van der Waals surface area contributed by atoms with Gasteiger partial charge in [-0.15, -0.1) is 0 Å². The Morgan fingerprint density at radius 1 is 1.50 bits per heavy atom. The first-order valence-electron chi connectivity index (χ1n) is 6.72. The molecule has 20 heavy (non-hydrogen) atoms. The van der Waals surface area contributed by atoms with Gasteiger partial charge < -0.3 is 10.1 Å². The minimum absolute atomic E-state index is 0.158. The number of ether oxygens (including phenoxy) is 1. The topological polar surface area (TPSA) is 56.1 Å². The molecule has 1 heterocycles. The molecule has 1 saturated carbocycles. The van der Waals surface area contributed by atoms with Crippen LogP contribution in [0.1, 0.15) is 23.2 Å². The van der Waals surface area contributed by atoms with Crippen molar-refractivity contribution < 1.29 is 9.53 Å².